The van der Waals surface area contributed by atoms with Crippen LogP contribution in [0.3, 0.4) is 0 Å². The largest absolute Gasteiger partial charge is 0.378 e. The van der Waals surface area contributed by atoms with Gasteiger partial charge in [0.05, 0.1) is 19.1 Å². The first-order chi connectivity index (χ1) is 9.66. The van der Waals surface area contributed by atoms with Crippen molar-refractivity contribution in [1.29, 1.82) is 0 Å². The first-order valence-corrected chi connectivity index (χ1v) is 7.07. The Morgan fingerprint density at radius 1 is 1.35 bits per heavy atom. The maximum Gasteiger partial charge on any atom is 0.224 e. The maximum atomic E-state index is 11.9. The molecule has 2 saturated heterocycles. The molecule has 0 bridgehead atoms. The molecular formula is C13H21N3O4. The number of hydrogen-bond donors (Lipinski definition) is 2. The number of carbonyl (C=O) groups is 3. The topological polar surface area (TPSA) is 87.7 Å². The highest BCUT2D eigenvalue weighted by molar-refractivity contribution is 5.84. The van der Waals surface area contributed by atoms with Crippen molar-refractivity contribution in [3.05, 3.63) is 0 Å². The smallest absolute Gasteiger partial charge is 0.224 e. The summed E-state index contributed by atoms with van der Waals surface area (Å²) in [5.41, 5.74) is 0. The van der Waals surface area contributed by atoms with Gasteiger partial charge in [-0.2, -0.15) is 0 Å². The van der Waals surface area contributed by atoms with Gasteiger partial charge in [0.1, 0.15) is 0 Å². The minimum Gasteiger partial charge on any atom is -0.378 e. The van der Waals surface area contributed by atoms with Crippen LogP contribution in [0.15, 0.2) is 0 Å². The van der Waals surface area contributed by atoms with E-state index < -0.39 is 0 Å². The molecule has 2 fully saturated rings. The van der Waals surface area contributed by atoms with Crippen molar-refractivity contribution < 1.29 is 19.1 Å². The monoisotopic (exact) mass is 283 g/mol. The van der Waals surface area contributed by atoms with Crippen LogP contribution in [0.4, 0.5) is 0 Å². The Bertz CT molecular complexity index is 370. The molecule has 2 rings (SSSR count). The number of hydrogen-bond acceptors (Lipinski definition) is 4. The molecule has 2 N–H and O–H groups in total. The van der Waals surface area contributed by atoms with Crippen molar-refractivity contribution in [3.8, 4) is 0 Å². The van der Waals surface area contributed by atoms with E-state index in [0.29, 0.717) is 58.7 Å². The molecule has 0 radical (unpaired) electrons. The number of nitrogens with zero attached hydrogens (tertiary/aromatic N) is 1. The standard InChI is InChI=1S/C13H21N3O4/c17-11-2-1-10(9-15-11)13(19)14-4-3-12(18)16-5-7-20-8-6-16/h10H,1-9H2,(H,14,19)(H,15,17). The summed E-state index contributed by atoms with van der Waals surface area (Å²) in [6, 6.07) is 0. The molecule has 1 atom stereocenters. The molecule has 2 heterocycles. The molecule has 0 spiro atoms. The van der Waals surface area contributed by atoms with Crippen LogP contribution >= 0.6 is 0 Å². The lowest BCUT2D eigenvalue weighted by Gasteiger charge is -2.27. The lowest BCUT2D eigenvalue weighted by Crippen LogP contribution is -2.45. The third-order valence-corrected chi connectivity index (χ3v) is 3.64. The predicted octanol–water partition coefficient (Wildman–Crippen LogP) is -1.12. The van der Waals surface area contributed by atoms with Gasteiger partial charge in [-0.1, -0.05) is 0 Å². The highest BCUT2D eigenvalue weighted by Gasteiger charge is 2.24. The summed E-state index contributed by atoms with van der Waals surface area (Å²) in [6.45, 7) is 3.16. The van der Waals surface area contributed by atoms with E-state index in [1.807, 2.05) is 0 Å². The Morgan fingerprint density at radius 2 is 2.10 bits per heavy atom. The Labute approximate surface area is 118 Å². The molecular weight excluding hydrogens is 262 g/mol. The molecule has 0 aliphatic carbocycles. The summed E-state index contributed by atoms with van der Waals surface area (Å²) in [4.78, 5) is 36.5. The van der Waals surface area contributed by atoms with E-state index >= 15 is 0 Å². The molecule has 2 aliphatic heterocycles. The van der Waals surface area contributed by atoms with Gasteiger partial charge in [-0.3, -0.25) is 14.4 Å². The Hall–Kier alpha value is -1.63. The minimum atomic E-state index is -0.175. The summed E-state index contributed by atoms with van der Waals surface area (Å²) in [7, 11) is 0. The van der Waals surface area contributed by atoms with Gasteiger partial charge >= 0.3 is 0 Å². The fourth-order valence-electron chi connectivity index (χ4n) is 2.36. The summed E-state index contributed by atoms with van der Waals surface area (Å²) in [5.74, 6) is -0.215. The van der Waals surface area contributed by atoms with Crippen molar-refractivity contribution >= 4 is 17.7 Å². The van der Waals surface area contributed by atoms with Crippen molar-refractivity contribution in [2.75, 3.05) is 39.4 Å². The SMILES string of the molecule is O=C1CCC(C(=O)NCCC(=O)N2CCOCC2)CN1. The average molecular weight is 283 g/mol. The zero-order chi connectivity index (χ0) is 14.4. The number of ether oxygens (including phenoxy) is 1. The molecule has 3 amide bonds. The first kappa shape index (κ1) is 14.8. The Kier molecular flexibility index (Phi) is 5.34. The molecule has 20 heavy (non-hydrogen) atoms. The van der Waals surface area contributed by atoms with E-state index in [9.17, 15) is 14.4 Å². The zero-order valence-electron chi connectivity index (χ0n) is 11.5. The van der Waals surface area contributed by atoms with E-state index in [0.717, 1.165) is 0 Å². The van der Waals surface area contributed by atoms with E-state index in [1.54, 1.807) is 4.90 Å². The van der Waals surface area contributed by atoms with Crippen LogP contribution in [0.2, 0.25) is 0 Å². The van der Waals surface area contributed by atoms with Crippen LogP contribution in [-0.4, -0.2) is 62.0 Å². The summed E-state index contributed by atoms with van der Waals surface area (Å²) >= 11 is 0. The molecule has 0 aromatic carbocycles. The number of morpholine rings is 1. The van der Waals surface area contributed by atoms with E-state index in [4.69, 9.17) is 4.74 Å². The number of amides is 3. The second kappa shape index (κ2) is 7.23. The lowest BCUT2D eigenvalue weighted by molar-refractivity contribution is -0.135. The van der Waals surface area contributed by atoms with Crippen LogP contribution in [-0.2, 0) is 19.1 Å². The highest BCUT2D eigenvalue weighted by Crippen LogP contribution is 2.10. The van der Waals surface area contributed by atoms with Gasteiger partial charge in [-0.05, 0) is 6.42 Å². The van der Waals surface area contributed by atoms with Crippen LogP contribution in [0.25, 0.3) is 0 Å². The van der Waals surface area contributed by atoms with Gasteiger partial charge < -0.3 is 20.3 Å². The first-order valence-electron chi connectivity index (χ1n) is 7.07. The lowest BCUT2D eigenvalue weighted by atomic mass is 9.98. The minimum absolute atomic E-state index is 0.00320. The molecule has 1 unspecified atom stereocenters. The van der Waals surface area contributed by atoms with Crippen molar-refractivity contribution in [1.82, 2.24) is 15.5 Å². The second-order valence-corrected chi connectivity index (χ2v) is 5.07. The van der Waals surface area contributed by atoms with E-state index in [-0.39, 0.29) is 23.6 Å². The van der Waals surface area contributed by atoms with Crippen molar-refractivity contribution in [3.63, 3.8) is 0 Å². The van der Waals surface area contributed by atoms with Gasteiger partial charge in [0.2, 0.25) is 17.7 Å². The van der Waals surface area contributed by atoms with Crippen LogP contribution in [0, 0.1) is 5.92 Å². The number of rotatable bonds is 4. The third kappa shape index (κ3) is 4.19. The maximum absolute atomic E-state index is 11.9. The van der Waals surface area contributed by atoms with Gasteiger partial charge in [0.25, 0.3) is 0 Å². The number of nitrogens with one attached hydrogen (secondary N) is 2. The van der Waals surface area contributed by atoms with Gasteiger partial charge in [0.15, 0.2) is 0 Å². The van der Waals surface area contributed by atoms with Crippen molar-refractivity contribution in [2.24, 2.45) is 5.92 Å². The van der Waals surface area contributed by atoms with E-state index in [1.165, 1.54) is 0 Å². The van der Waals surface area contributed by atoms with Crippen LogP contribution in [0.1, 0.15) is 19.3 Å². The Morgan fingerprint density at radius 3 is 2.75 bits per heavy atom. The summed E-state index contributed by atoms with van der Waals surface area (Å²) < 4.78 is 5.18. The molecule has 0 saturated carbocycles. The molecule has 2 aliphatic rings. The second-order valence-electron chi connectivity index (χ2n) is 5.07. The quantitative estimate of drug-likeness (QED) is 0.684. The molecule has 0 aromatic rings. The average Bonchev–Trinajstić information content (AvgIpc) is 2.48. The third-order valence-electron chi connectivity index (χ3n) is 3.64. The fraction of sp³-hybridized carbons (Fsp3) is 0.769. The molecule has 112 valence electrons. The van der Waals surface area contributed by atoms with E-state index in [2.05, 4.69) is 10.6 Å². The molecule has 7 nitrogen and oxygen atoms in total. The normalized spacial score (nSPS) is 23.1. The van der Waals surface area contributed by atoms with Gasteiger partial charge in [-0.15, -0.1) is 0 Å². The number of carbonyl (C=O) groups excluding carboxylic acids is 3. The van der Waals surface area contributed by atoms with Crippen LogP contribution in [0.5, 0.6) is 0 Å². The highest BCUT2D eigenvalue weighted by atomic mass is 16.5. The van der Waals surface area contributed by atoms with Crippen molar-refractivity contribution in [2.45, 2.75) is 19.3 Å². The summed E-state index contributed by atoms with van der Waals surface area (Å²) in [5, 5.41) is 5.44. The summed E-state index contributed by atoms with van der Waals surface area (Å²) in [6.07, 6.45) is 1.28. The van der Waals surface area contributed by atoms with Crippen LogP contribution < -0.4 is 10.6 Å². The van der Waals surface area contributed by atoms with Gasteiger partial charge in [-0.25, -0.2) is 0 Å². The predicted molar refractivity (Wildman–Crippen MR) is 70.8 cm³/mol. The zero-order valence-corrected chi connectivity index (χ0v) is 11.5. The molecule has 0 aromatic heterocycles. The van der Waals surface area contributed by atoms with Gasteiger partial charge in [0, 0.05) is 39.0 Å². The molecule has 7 heteroatoms. The number of piperidine rings is 1. The Balaban J connectivity index is 1.63. The fourth-order valence-corrected chi connectivity index (χ4v) is 2.36.